The van der Waals surface area contributed by atoms with E-state index in [-0.39, 0.29) is 18.9 Å². The van der Waals surface area contributed by atoms with Crippen molar-refractivity contribution < 1.29 is 4.39 Å². The summed E-state index contributed by atoms with van der Waals surface area (Å²) < 4.78 is 12.0. The van der Waals surface area contributed by atoms with Crippen molar-refractivity contribution in [1.29, 1.82) is 0 Å². The van der Waals surface area contributed by atoms with Gasteiger partial charge in [-0.1, -0.05) is 17.7 Å². The molecule has 1 aromatic carbocycles. The van der Waals surface area contributed by atoms with Gasteiger partial charge in [0.1, 0.15) is 5.82 Å². The predicted octanol–water partition coefficient (Wildman–Crippen LogP) is 1.63. The van der Waals surface area contributed by atoms with Crippen LogP contribution in [0.5, 0.6) is 0 Å². The summed E-state index contributed by atoms with van der Waals surface area (Å²) in [4.78, 5) is 0. The molecule has 0 unspecified atom stereocenters. The van der Waals surface area contributed by atoms with Gasteiger partial charge in [0.25, 0.3) is 0 Å². The van der Waals surface area contributed by atoms with Gasteiger partial charge in [-0.15, -0.1) is 0 Å². The van der Waals surface area contributed by atoms with Crippen molar-refractivity contribution >= 4 is 30.5 Å². The fourth-order valence-electron chi connectivity index (χ4n) is 0.414. The second-order valence-electron chi connectivity index (χ2n) is 1.35. The molecule has 0 amide bonds. The van der Waals surface area contributed by atoms with E-state index in [1.54, 1.807) is 6.07 Å². The van der Waals surface area contributed by atoms with Gasteiger partial charge in [-0.2, -0.15) is 0 Å². The molecule has 0 heterocycles. The molecule has 1 rings (SSSR count). The summed E-state index contributed by atoms with van der Waals surface area (Å²) in [5, 5.41) is 0.310. The molecule has 0 spiro atoms. The monoisotopic (exact) mass is 137 g/mol. The molecule has 0 atom stereocenters. The maximum absolute atomic E-state index is 12.0. The molecule has 9 heavy (non-hydrogen) atoms. The first-order valence-electron chi connectivity index (χ1n) is 2.12. The Morgan fingerprint density at radius 2 is 2.11 bits per heavy atom. The summed E-state index contributed by atoms with van der Waals surface area (Å²) in [6, 6.07) is 6.68. The third-order valence-electron chi connectivity index (χ3n) is 0.724. The fourth-order valence-corrected chi connectivity index (χ4v) is 0.577. The summed E-state index contributed by atoms with van der Waals surface area (Å²) >= 11 is 5.35. The van der Waals surface area contributed by atoms with Crippen LogP contribution in [-0.4, -0.2) is 18.9 Å². The van der Waals surface area contributed by atoms with E-state index in [4.69, 9.17) is 11.6 Å². The van der Waals surface area contributed by atoms with E-state index in [1.807, 2.05) is 0 Å². The van der Waals surface area contributed by atoms with Crippen LogP contribution >= 0.6 is 11.6 Å². The van der Waals surface area contributed by atoms with Crippen molar-refractivity contribution in [2.45, 2.75) is 0 Å². The first-order chi connectivity index (χ1) is 3.79. The molecule has 3 heteroatoms. The molecule has 0 saturated heterocycles. The number of hydrogen-bond donors (Lipinski definition) is 0. The average Bonchev–Trinajstić information content (AvgIpc) is 1.64. The third kappa shape index (κ3) is 2.91. The number of rotatable bonds is 0. The van der Waals surface area contributed by atoms with Gasteiger partial charge >= 0.3 is 18.9 Å². The molecule has 1 aromatic rings. The normalized spacial score (nSPS) is 8.22. The van der Waals surface area contributed by atoms with Crippen LogP contribution in [0.2, 0.25) is 5.02 Å². The molecule has 0 aromatic heterocycles. The van der Waals surface area contributed by atoms with Crippen molar-refractivity contribution in [1.82, 2.24) is 0 Å². The summed E-state index contributed by atoms with van der Waals surface area (Å²) in [5.74, 6) is -0.419. The minimum atomic E-state index is -0.419. The maximum atomic E-state index is 12.0. The zero-order valence-corrected chi connectivity index (χ0v) is 4.74. The summed E-state index contributed by atoms with van der Waals surface area (Å²) in [6.45, 7) is 0. The minimum absolute atomic E-state index is 0. The Hall–Kier alpha value is 0.0374. The zero-order valence-electron chi connectivity index (χ0n) is 3.99. The van der Waals surface area contributed by atoms with E-state index >= 15 is 0 Å². The van der Waals surface area contributed by atoms with E-state index in [1.165, 1.54) is 12.1 Å². The van der Waals surface area contributed by atoms with Crippen molar-refractivity contribution in [3.05, 3.63) is 35.1 Å². The second kappa shape index (κ2) is 3.95. The van der Waals surface area contributed by atoms with Gasteiger partial charge in [0.15, 0.2) is 0 Å². The van der Waals surface area contributed by atoms with Gasteiger partial charge in [-0.3, -0.25) is 0 Å². The Labute approximate surface area is 70.2 Å². The van der Waals surface area contributed by atoms with Crippen molar-refractivity contribution in [3.63, 3.8) is 0 Å². The molecule has 0 aliphatic heterocycles. The summed E-state index contributed by atoms with van der Waals surface area (Å²) in [5.41, 5.74) is 0. The first-order valence-corrected chi connectivity index (χ1v) is 2.50. The fraction of sp³-hybridized carbons (Fsp3) is 0. The molecule has 0 fully saturated rings. The van der Waals surface area contributed by atoms with Gasteiger partial charge < -0.3 is 0 Å². The van der Waals surface area contributed by atoms with E-state index in [0.29, 0.717) is 5.02 Å². The molecule has 1 radical (unpaired) electrons. The molecular weight excluding hydrogens is 133 g/mol. The van der Waals surface area contributed by atoms with Crippen LogP contribution in [0.25, 0.3) is 0 Å². The third-order valence-corrected chi connectivity index (χ3v) is 0.944. The Bertz CT molecular complexity index is 173. The van der Waals surface area contributed by atoms with Gasteiger partial charge in [0, 0.05) is 6.07 Å². The Morgan fingerprint density at radius 3 is 2.44 bits per heavy atom. The van der Waals surface area contributed by atoms with Crippen LogP contribution < -0.4 is 0 Å². The van der Waals surface area contributed by atoms with Gasteiger partial charge in [0.2, 0.25) is 0 Å². The van der Waals surface area contributed by atoms with Gasteiger partial charge in [-0.05, 0) is 12.1 Å². The molecule has 0 nitrogen and oxygen atoms in total. The standard InChI is InChI=1S/C6H3ClF.Li.H/c7-5-2-1-3-6(8)4-5;;/h1-3H;;. The number of hydrogen-bond acceptors (Lipinski definition) is 0. The van der Waals surface area contributed by atoms with Crippen molar-refractivity contribution in [3.8, 4) is 0 Å². The van der Waals surface area contributed by atoms with Gasteiger partial charge in [-0.25, -0.2) is 4.39 Å². The summed E-state index contributed by atoms with van der Waals surface area (Å²) in [7, 11) is 0. The molecule has 43 valence electrons. The topological polar surface area (TPSA) is 0 Å². The molecule has 0 aliphatic carbocycles. The van der Waals surface area contributed by atoms with E-state index in [9.17, 15) is 4.39 Å². The van der Waals surface area contributed by atoms with E-state index < -0.39 is 5.82 Å². The molecule has 0 aliphatic rings. The zero-order chi connectivity index (χ0) is 5.98. The quantitative estimate of drug-likeness (QED) is 0.477. The first kappa shape index (κ1) is 9.04. The molecule has 0 saturated carbocycles. The molecule has 0 bridgehead atoms. The van der Waals surface area contributed by atoms with E-state index in [2.05, 4.69) is 6.07 Å². The van der Waals surface area contributed by atoms with Crippen LogP contribution in [-0.2, 0) is 0 Å². The van der Waals surface area contributed by atoms with Crippen molar-refractivity contribution in [2.24, 2.45) is 0 Å². The predicted molar refractivity (Wildman–Crippen MR) is 37.4 cm³/mol. The van der Waals surface area contributed by atoms with Crippen LogP contribution in [0, 0.1) is 11.9 Å². The summed E-state index contributed by atoms with van der Waals surface area (Å²) in [6.07, 6.45) is 0. The van der Waals surface area contributed by atoms with Crippen molar-refractivity contribution in [2.75, 3.05) is 0 Å². The number of halogens is 2. The Kier molecular flexibility index (Phi) is 3.97. The Balaban J connectivity index is 0.000000640. The SMILES string of the molecule is Fc1[c]c(Cl)ccc1.[LiH]. The number of benzene rings is 1. The molecule has 0 N–H and O–H groups in total. The molecular formula is C6H4ClFLi. The average molecular weight is 137 g/mol. The van der Waals surface area contributed by atoms with E-state index in [0.717, 1.165) is 0 Å². The van der Waals surface area contributed by atoms with Crippen LogP contribution in [0.4, 0.5) is 4.39 Å². The van der Waals surface area contributed by atoms with Crippen LogP contribution in [0.3, 0.4) is 0 Å². The van der Waals surface area contributed by atoms with Crippen LogP contribution in [0.15, 0.2) is 18.2 Å². The van der Waals surface area contributed by atoms with Gasteiger partial charge in [0.05, 0.1) is 5.02 Å². The van der Waals surface area contributed by atoms with Crippen LogP contribution in [0.1, 0.15) is 0 Å². The Morgan fingerprint density at radius 1 is 1.44 bits per heavy atom. The second-order valence-corrected chi connectivity index (χ2v) is 1.75.